The number of thiophene rings is 2. The van der Waals surface area contributed by atoms with E-state index in [9.17, 15) is 10.1 Å². The van der Waals surface area contributed by atoms with Crippen LogP contribution in [-0.4, -0.2) is 33.7 Å². The Morgan fingerprint density at radius 2 is 2.06 bits per heavy atom. The smallest absolute Gasteiger partial charge is 0.263 e. The van der Waals surface area contributed by atoms with Crippen molar-refractivity contribution in [2.75, 3.05) is 13.2 Å². The Morgan fingerprint density at radius 1 is 1.18 bits per heavy atom. The molecule has 1 atom stereocenters. The third kappa shape index (κ3) is 4.77. The van der Waals surface area contributed by atoms with Crippen molar-refractivity contribution in [1.82, 2.24) is 14.5 Å². The molecule has 1 aliphatic rings. The van der Waals surface area contributed by atoms with E-state index in [0.717, 1.165) is 48.5 Å². The van der Waals surface area contributed by atoms with Crippen molar-refractivity contribution >= 4 is 32.9 Å². The molecule has 0 N–H and O–H groups in total. The van der Waals surface area contributed by atoms with Crippen LogP contribution in [0.2, 0.25) is 0 Å². The lowest BCUT2D eigenvalue weighted by molar-refractivity contribution is 0.0669. The van der Waals surface area contributed by atoms with Gasteiger partial charge < -0.3 is 4.74 Å². The van der Waals surface area contributed by atoms with Crippen LogP contribution in [0.3, 0.4) is 0 Å². The van der Waals surface area contributed by atoms with Gasteiger partial charge in [-0.25, -0.2) is 4.98 Å². The van der Waals surface area contributed by atoms with Gasteiger partial charge in [0.25, 0.3) is 5.56 Å². The van der Waals surface area contributed by atoms with Gasteiger partial charge in [0.05, 0.1) is 24.1 Å². The highest BCUT2D eigenvalue weighted by molar-refractivity contribution is 7.17. The van der Waals surface area contributed by atoms with Crippen molar-refractivity contribution in [3.8, 4) is 17.2 Å². The molecule has 0 spiro atoms. The van der Waals surface area contributed by atoms with Gasteiger partial charge in [-0.3, -0.25) is 14.3 Å². The summed E-state index contributed by atoms with van der Waals surface area (Å²) in [5.74, 6) is 0.630. The van der Waals surface area contributed by atoms with E-state index in [1.54, 1.807) is 15.9 Å². The zero-order chi connectivity index (χ0) is 22.6. The average molecular weight is 477 g/mol. The molecule has 1 saturated heterocycles. The molecule has 4 aromatic rings. The van der Waals surface area contributed by atoms with E-state index < -0.39 is 0 Å². The predicted octanol–water partition coefficient (Wildman–Crippen LogP) is 4.89. The molecule has 0 bridgehead atoms. The molecule has 1 aromatic carbocycles. The number of nitrogens with zero attached hydrogens (tertiary/aromatic N) is 4. The minimum atomic E-state index is -0.148. The molecule has 4 heterocycles. The van der Waals surface area contributed by atoms with Gasteiger partial charge in [0.1, 0.15) is 17.2 Å². The van der Waals surface area contributed by atoms with Crippen LogP contribution < -0.4 is 5.56 Å². The fraction of sp³-hybridized carbons (Fsp3) is 0.320. The molecule has 1 fully saturated rings. The first kappa shape index (κ1) is 22.0. The summed E-state index contributed by atoms with van der Waals surface area (Å²) in [5, 5.41) is 14.1. The molecule has 1 aliphatic heterocycles. The lowest BCUT2D eigenvalue weighted by Gasteiger charge is -2.25. The molecule has 0 radical (unpaired) electrons. The zero-order valence-corrected chi connectivity index (χ0v) is 19.8. The molecule has 3 aromatic heterocycles. The molecular formula is C25H24N4O2S2. The minimum absolute atomic E-state index is 0.0199. The summed E-state index contributed by atoms with van der Waals surface area (Å²) in [5.41, 5.74) is 1.71. The molecule has 0 amide bonds. The molecule has 5 rings (SSSR count). The normalized spacial score (nSPS) is 15.9. The van der Waals surface area contributed by atoms with Crippen LogP contribution in [0.4, 0.5) is 0 Å². The van der Waals surface area contributed by atoms with Crippen molar-refractivity contribution in [3.05, 3.63) is 74.3 Å². The summed E-state index contributed by atoms with van der Waals surface area (Å²) in [6, 6.07) is 16.2. The molecule has 8 heteroatoms. The number of hydrogen-bond acceptors (Lipinski definition) is 7. The molecule has 0 saturated carbocycles. The number of hydrogen-bond donors (Lipinski definition) is 0. The Morgan fingerprint density at radius 3 is 2.79 bits per heavy atom. The maximum atomic E-state index is 13.6. The second kappa shape index (κ2) is 9.98. The standard InChI is InChI=1S/C25H24N4O2S2/c26-10-11-29-22(16-28(14-19-8-4-12-31-19)15-20-9-5-13-32-20)27-24-23(25(29)30)21(17-33-24)18-6-2-1-3-7-18/h1-3,5-7,9,13,17,19H,4,8,11-12,14-16H2/t19-/m0/s1. The Hall–Kier alpha value is -2.83. The van der Waals surface area contributed by atoms with E-state index in [2.05, 4.69) is 28.5 Å². The second-order valence-electron chi connectivity index (χ2n) is 8.16. The summed E-state index contributed by atoms with van der Waals surface area (Å²) in [7, 11) is 0. The van der Waals surface area contributed by atoms with Crippen molar-refractivity contribution < 1.29 is 4.74 Å². The van der Waals surface area contributed by atoms with Crippen LogP contribution >= 0.6 is 22.7 Å². The maximum Gasteiger partial charge on any atom is 0.263 e. The van der Waals surface area contributed by atoms with Gasteiger partial charge in [-0.15, -0.1) is 22.7 Å². The first-order valence-electron chi connectivity index (χ1n) is 11.0. The number of fused-ring (bicyclic) bond motifs is 1. The maximum absolute atomic E-state index is 13.6. The third-order valence-electron chi connectivity index (χ3n) is 5.90. The van der Waals surface area contributed by atoms with E-state index in [1.165, 1.54) is 16.2 Å². The van der Waals surface area contributed by atoms with E-state index in [0.29, 0.717) is 17.8 Å². The highest BCUT2D eigenvalue weighted by atomic mass is 32.1. The van der Waals surface area contributed by atoms with Crippen LogP contribution in [0.1, 0.15) is 23.5 Å². The first-order chi connectivity index (χ1) is 16.2. The first-order valence-corrected chi connectivity index (χ1v) is 12.8. The van der Waals surface area contributed by atoms with E-state index >= 15 is 0 Å². The predicted molar refractivity (Wildman–Crippen MR) is 132 cm³/mol. The van der Waals surface area contributed by atoms with E-state index in [1.807, 2.05) is 35.7 Å². The monoisotopic (exact) mass is 476 g/mol. The van der Waals surface area contributed by atoms with Gasteiger partial charge in [0.2, 0.25) is 0 Å². The second-order valence-corrected chi connectivity index (χ2v) is 10.0. The van der Waals surface area contributed by atoms with Crippen molar-refractivity contribution in [2.24, 2.45) is 0 Å². The van der Waals surface area contributed by atoms with Crippen molar-refractivity contribution in [3.63, 3.8) is 0 Å². The van der Waals surface area contributed by atoms with Gasteiger partial charge in [0.15, 0.2) is 0 Å². The summed E-state index contributed by atoms with van der Waals surface area (Å²) >= 11 is 3.20. The van der Waals surface area contributed by atoms with E-state index in [4.69, 9.17) is 9.72 Å². The van der Waals surface area contributed by atoms with Gasteiger partial charge in [-0.1, -0.05) is 36.4 Å². The fourth-order valence-electron chi connectivity index (χ4n) is 4.34. The summed E-state index contributed by atoms with van der Waals surface area (Å²) < 4.78 is 7.43. The number of benzene rings is 1. The zero-order valence-electron chi connectivity index (χ0n) is 18.1. The van der Waals surface area contributed by atoms with Crippen LogP contribution in [0.5, 0.6) is 0 Å². The SMILES string of the molecule is N#CCn1c(CN(Cc2cccs2)C[C@@H]2CCCO2)nc2scc(-c3ccccc3)c2c1=O. The van der Waals surface area contributed by atoms with Crippen LogP contribution in [0, 0.1) is 11.3 Å². The quantitative estimate of drug-likeness (QED) is 0.362. The van der Waals surface area contributed by atoms with Crippen LogP contribution in [0.15, 0.2) is 58.0 Å². The van der Waals surface area contributed by atoms with Gasteiger partial charge in [0, 0.05) is 35.5 Å². The Kier molecular flexibility index (Phi) is 6.65. The minimum Gasteiger partial charge on any atom is -0.377 e. The Bertz CT molecular complexity index is 1320. The van der Waals surface area contributed by atoms with Gasteiger partial charge >= 0.3 is 0 Å². The van der Waals surface area contributed by atoms with Gasteiger partial charge in [-0.2, -0.15) is 5.26 Å². The molecular weight excluding hydrogens is 452 g/mol. The molecule has 0 unspecified atom stereocenters. The summed E-state index contributed by atoms with van der Waals surface area (Å²) in [6.45, 7) is 2.81. The molecule has 33 heavy (non-hydrogen) atoms. The lowest BCUT2D eigenvalue weighted by Crippen LogP contribution is -2.35. The van der Waals surface area contributed by atoms with E-state index in [-0.39, 0.29) is 18.2 Å². The van der Waals surface area contributed by atoms with Crippen molar-refractivity contribution in [2.45, 2.75) is 38.6 Å². The van der Waals surface area contributed by atoms with Crippen molar-refractivity contribution in [1.29, 1.82) is 5.26 Å². The molecule has 6 nitrogen and oxygen atoms in total. The third-order valence-corrected chi connectivity index (χ3v) is 7.63. The topological polar surface area (TPSA) is 71.2 Å². The summed E-state index contributed by atoms with van der Waals surface area (Å²) in [6.07, 6.45) is 2.32. The van der Waals surface area contributed by atoms with Crippen LogP contribution in [-0.2, 0) is 24.4 Å². The largest absolute Gasteiger partial charge is 0.377 e. The Balaban J connectivity index is 1.53. The molecule has 0 aliphatic carbocycles. The van der Waals surface area contributed by atoms with Gasteiger partial charge in [-0.05, 0) is 29.9 Å². The average Bonchev–Trinajstić information content (AvgIpc) is 3.59. The number of aromatic nitrogens is 2. The molecule has 168 valence electrons. The highest BCUT2D eigenvalue weighted by Gasteiger charge is 2.23. The Labute approximate surface area is 200 Å². The number of ether oxygens (including phenoxy) is 1. The number of rotatable bonds is 8. The highest BCUT2D eigenvalue weighted by Crippen LogP contribution is 2.31. The number of nitriles is 1. The fourth-order valence-corrected chi connectivity index (χ4v) is 6.04. The van der Waals surface area contributed by atoms with Crippen LogP contribution in [0.25, 0.3) is 21.3 Å². The lowest BCUT2D eigenvalue weighted by atomic mass is 10.1. The summed E-state index contributed by atoms with van der Waals surface area (Å²) in [4.78, 5) is 22.7.